The Kier molecular flexibility index (Phi) is 4.27. The van der Waals surface area contributed by atoms with Crippen LogP contribution in [0.15, 0.2) is 24.3 Å². The van der Waals surface area contributed by atoms with Crippen LogP contribution in [0.3, 0.4) is 0 Å². The van der Waals surface area contributed by atoms with Gasteiger partial charge >= 0.3 is 0 Å². The summed E-state index contributed by atoms with van der Waals surface area (Å²) in [5.74, 6) is 1.13. The summed E-state index contributed by atoms with van der Waals surface area (Å²) in [6.07, 6.45) is 6.64. The molecule has 1 aromatic carbocycles. The van der Waals surface area contributed by atoms with Crippen LogP contribution >= 0.6 is 0 Å². The fourth-order valence-corrected chi connectivity index (χ4v) is 3.97. The minimum absolute atomic E-state index is 0.300. The van der Waals surface area contributed by atoms with Gasteiger partial charge in [-0.3, -0.25) is 0 Å². The van der Waals surface area contributed by atoms with Crippen LogP contribution in [0.4, 0.5) is 0 Å². The second kappa shape index (κ2) is 6.15. The van der Waals surface area contributed by atoms with Gasteiger partial charge in [0, 0.05) is 18.1 Å². The molecule has 1 aliphatic heterocycles. The zero-order chi connectivity index (χ0) is 13.9. The molecule has 20 heavy (non-hydrogen) atoms. The first kappa shape index (κ1) is 13.9. The Balaban J connectivity index is 1.64. The molecule has 0 radical (unpaired) electrons. The topological polar surface area (TPSA) is 44.3 Å². The zero-order valence-electron chi connectivity index (χ0n) is 12.3. The molecule has 0 spiro atoms. The highest BCUT2D eigenvalue weighted by Crippen LogP contribution is 2.33. The van der Waals surface area contributed by atoms with E-state index >= 15 is 0 Å². The Morgan fingerprint density at radius 3 is 2.90 bits per heavy atom. The van der Waals surface area contributed by atoms with Crippen LogP contribution in [0.5, 0.6) is 5.75 Å². The molecule has 3 heteroatoms. The Morgan fingerprint density at radius 2 is 2.15 bits per heavy atom. The number of benzene rings is 1. The molecule has 1 aliphatic carbocycles. The van der Waals surface area contributed by atoms with Crippen molar-refractivity contribution in [3.63, 3.8) is 0 Å². The van der Waals surface area contributed by atoms with Crippen LogP contribution in [-0.4, -0.2) is 23.7 Å². The van der Waals surface area contributed by atoms with Crippen LogP contribution < -0.4 is 10.6 Å². The number of aromatic hydroxyl groups is 1. The van der Waals surface area contributed by atoms with Gasteiger partial charge in [-0.15, -0.1) is 0 Å². The lowest BCUT2D eigenvalue weighted by Crippen LogP contribution is -2.42. The first-order chi connectivity index (χ1) is 9.74. The summed E-state index contributed by atoms with van der Waals surface area (Å²) in [4.78, 5) is 0. The second-order valence-corrected chi connectivity index (χ2v) is 6.39. The molecule has 0 aromatic heterocycles. The fourth-order valence-electron chi connectivity index (χ4n) is 3.97. The molecule has 2 fully saturated rings. The number of hydrogen-bond donors (Lipinski definition) is 3. The third-order valence-electron chi connectivity index (χ3n) is 5.02. The van der Waals surface area contributed by atoms with Crippen LogP contribution in [0, 0.1) is 5.92 Å². The van der Waals surface area contributed by atoms with Gasteiger partial charge < -0.3 is 15.7 Å². The van der Waals surface area contributed by atoms with Crippen molar-refractivity contribution in [2.24, 2.45) is 5.92 Å². The average molecular weight is 274 g/mol. The molecule has 0 bridgehead atoms. The Labute approximate surface area is 121 Å². The van der Waals surface area contributed by atoms with Gasteiger partial charge in [0.1, 0.15) is 5.75 Å². The lowest BCUT2D eigenvalue weighted by molar-refractivity contribution is 0.303. The molecule has 4 atom stereocenters. The van der Waals surface area contributed by atoms with E-state index in [4.69, 9.17) is 0 Å². The largest absolute Gasteiger partial charge is 0.508 e. The third kappa shape index (κ3) is 2.99. The van der Waals surface area contributed by atoms with E-state index < -0.39 is 0 Å². The fraction of sp³-hybridized carbons (Fsp3) is 0.647. The highest BCUT2D eigenvalue weighted by molar-refractivity contribution is 5.29. The van der Waals surface area contributed by atoms with E-state index in [0.29, 0.717) is 23.9 Å². The van der Waals surface area contributed by atoms with E-state index in [0.717, 1.165) is 5.92 Å². The minimum atomic E-state index is 0.300. The zero-order valence-corrected chi connectivity index (χ0v) is 12.3. The first-order valence-electron chi connectivity index (χ1n) is 8.02. The Morgan fingerprint density at radius 1 is 1.25 bits per heavy atom. The van der Waals surface area contributed by atoms with Gasteiger partial charge in [0.15, 0.2) is 0 Å². The highest BCUT2D eigenvalue weighted by atomic mass is 16.3. The maximum Gasteiger partial charge on any atom is 0.115 e. The molecule has 110 valence electrons. The molecule has 3 nitrogen and oxygen atoms in total. The lowest BCUT2D eigenvalue weighted by atomic mass is 9.92. The van der Waals surface area contributed by atoms with Gasteiger partial charge in [-0.05, 0) is 62.8 Å². The predicted molar refractivity (Wildman–Crippen MR) is 81.8 cm³/mol. The normalized spacial score (nSPS) is 31.6. The van der Waals surface area contributed by atoms with E-state index in [1.807, 2.05) is 12.1 Å². The average Bonchev–Trinajstić information content (AvgIpc) is 3.08. The van der Waals surface area contributed by atoms with Gasteiger partial charge in [-0.25, -0.2) is 0 Å². The van der Waals surface area contributed by atoms with Crippen molar-refractivity contribution in [3.8, 4) is 5.75 Å². The number of phenols is 1. The van der Waals surface area contributed by atoms with Gasteiger partial charge in [-0.1, -0.05) is 18.6 Å². The second-order valence-electron chi connectivity index (χ2n) is 6.39. The number of nitrogens with one attached hydrogen (secondary N) is 2. The Hall–Kier alpha value is -1.06. The maximum absolute atomic E-state index is 9.61. The SMILES string of the molecule is CC(NC1CCCC1C1CCCN1)c1cccc(O)c1. The van der Waals surface area contributed by atoms with Crippen LogP contribution in [0.1, 0.15) is 50.6 Å². The molecule has 1 aromatic rings. The van der Waals surface area contributed by atoms with Gasteiger partial charge in [0.05, 0.1) is 0 Å². The summed E-state index contributed by atoms with van der Waals surface area (Å²) in [6, 6.07) is 9.25. The smallest absolute Gasteiger partial charge is 0.115 e. The quantitative estimate of drug-likeness (QED) is 0.791. The molecule has 1 saturated heterocycles. The predicted octanol–water partition coefficient (Wildman–Crippen LogP) is 2.96. The van der Waals surface area contributed by atoms with Crippen molar-refractivity contribution in [1.82, 2.24) is 10.6 Å². The minimum Gasteiger partial charge on any atom is -0.508 e. The van der Waals surface area contributed by atoms with E-state index in [1.54, 1.807) is 6.07 Å². The summed E-state index contributed by atoms with van der Waals surface area (Å²) >= 11 is 0. The summed E-state index contributed by atoms with van der Waals surface area (Å²) < 4.78 is 0. The highest BCUT2D eigenvalue weighted by Gasteiger charge is 2.35. The van der Waals surface area contributed by atoms with E-state index in [2.05, 4.69) is 23.6 Å². The Bertz CT molecular complexity index is 442. The van der Waals surface area contributed by atoms with Crippen molar-refractivity contribution in [1.29, 1.82) is 0 Å². The van der Waals surface area contributed by atoms with Crippen LogP contribution in [0.2, 0.25) is 0 Å². The van der Waals surface area contributed by atoms with Crippen LogP contribution in [-0.2, 0) is 0 Å². The molecule has 1 heterocycles. The molecule has 3 N–H and O–H groups in total. The summed E-state index contributed by atoms with van der Waals surface area (Å²) in [5, 5.41) is 17.1. The van der Waals surface area contributed by atoms with Crippen molar-refractivity contribution in [3.05, 3.63) is 29.8 Å². The molecular formula is C17H26N2O. The van der Waals surface area contributed by atoms with Crippen molar-refractivity contribution in [2.45, 2.75) is 57.2 Å². The summed E-state index contributed by atoms with van der Waals surface area (Å²) in [5.41, 5.74) is 1.18. The maximum atomic E-state index is 9.61. The van der Waals surface area contributed by atoms with Gasteiger partial charge in [0.25, 0.3) is 0 Å². The summed E-state index contributed by atoms with van der Waals surface area (Å²) in [7, 11) is 0. The van der Waals surface area contributed by atoms with E-state index in [-0.39, 0.29) is 0 Å². The number of hydrogen-bond acceptors (Lipinski definition) is 3. The van der Waals surface area contributed by atoms with E-state index in [9.17, 15) is 5.11 Å². The molecular weight excluding hydrogens is 248 g/mol. The molecule has 1 saturated carbocycles. The molecule has 2 aliphatic rings. The number of phenolic OH excluding ortho intramolecular Hbond substituents is 1. The standard InChI is InChI=1S/C17H26N2O/c1-12(13-5-2-6-14(20)11-13)19-17-8-3-7-15(17)16-9-4-10-18-16/h2,5-6,11-12,15-20H,3-4,7-10H2,1H3. The van der Waals surface area contributed by atoms with Crippen molar-refractivity contribution < 1.29 is 5.11 Å². The lowest BCUT2D eigenvalue weighted by Gasteiger charge is -2.29. The van der Waals surface area contributed by atoms with Crippen LogP contribution in [0.25, 0.3) is 0 Å². The van der Waals surface area contributed by atoms with Crippen molar-refractivity contribution >= 4 is 0 Å². The van der Waals surface area contributed by atoms with Crippen molar-refractivity contribution in [2.75, 3.05) is 6.54 Å². The first-order valence-corrected chi connectivity index (χ1v) is 8.02. The van der Waals surface area contributed by atoms with E-state index in [1.165, 1.54) is 44.2 Å². The monoisotopic (exact) mass is 274 g/mol. The molecule has 0 amide bonds. The number of rotatable bonds is 4. The molecule has 4 unspecified atom stereocenters. The molecule has 3 rings (SSSR count). The van der Waals surface area contributed by atoms with Gasteiger partial charge in [0.2, 0.25) is 0 Å². The third-order valence-corrected chi connectivity index (χ3v) is 5.02. The summed E-state index contributed by atoms with van der Waals surface area (Å²) in [6.45, 7) is 3.39. The van der Waals surface area contributed by atoms with Gasteiger partial charge in [-0.2, -0.15) is 0 Å².